The zero-order valence-electron chi connectivity index (χ0n) is 16.2. The van der Waals surface area contributed by atoms with Crippen molar-refractivity contribution in [1.82, 2.24) is 19.9 Å². The monoisotopic (exact) mass is 423 g/mol. The molecule has 1 N–H and O–H groups in total. The maximum absolute atomic E-state index is 12.6. The Morgan fingerprint density at radius 2 is 1.90 bits per heavy atom. The van der Waals surface area contributed by atoms with Crippen molar-refractivity contribution in [3.05, 3.63) is 60.4 Å². The number of nitrogens with one attached hydrogen (secondary N) is 1. The molecule has 0 aliphatic carbocycles. The van der Waals surface area contributed by atoms with E-state index in [4.69, 9.17) is 4.74 Å². The summed E-state index contributed by atoms with van der Waals surface area (Å²) in [5.74, 6) is 1.81. The first kappa shape index (κ1) is 19.0. The lowest BCUT2D eigenvalue weighted by Crippen LogP contribution is -2.51. The minimum absolute atomic E-state index is 0.235. The van der Waals surface area contributed by atoms with Crippen LogP contribution in [0.4, 0.5) is 5.82 Å². The highest BCUT2D eigenvalue weighted by Crippen LogP contribution is 2.28. The first-order valence-electron chi connectivity index (χ1n) is 9.83. The number of hydrogen-bond donors (Lipinski definition) is 1. The number of nitrogens with zero attached hydrogens (tertiary/aromatic N) is 4. The summed E-state index contributed by atoms with van der Waals surface area (Å²) >= 11 is 0. The third-order valence-electron chi connectivity index (χ3n) is 5.44. The van der Waals surface area contributed by atoms with Gasteiger partial charge >= 0.3 is 0 Å². The molecule has 2 aliphatic heterocycles. The molecule has 0 amide bonds. The molecule has 0 atom stereocenters. The second-order valence-corrected chi connectivity index (χ2v) is 9.27. The average molecular weight is 423 g/mol. The van der Waals surface area contributed by atoms with Crippen molar-refractivity contribution in [3.63, 3.8) is 0 Å². The molecule has 0 spiro atoms. The van der Waals surface area contributed by atoms with Gasteiger partial charge in [0.1, 0.15) is 5.75 Å². The fourth-order valence-corrected chi connectivity index (χ4v) is 4.86. The molecule has 1 aromatic carbocycles. The highest BCUT2D eigenvalue weighted by Gasteiger charge is 2.29. The van der Waals surface area contributed by atoms with E-state index in [1.165, 1.54) is 0 Å². The van der Waals surface area contributed by atoms with E-state index in [0.717, 1.165) is 47.9 Å². The normalized spacial score (nSPS) is 16.1. The van der Waals surface area contributed by atoms with Crippen molar-refractivity contribution in [2.75, 3.05) is 31.1 Å². The first-order valence-corrected chi connectivity index (χ1v) is 11.3. The van der Waals surface area contributed by atoms with Crippen LogP contribution in [0.5, 0.6) is 5.75 Å². The Bertz CT molecular complexity index is 1150. The Balaban J connectivity index is 1.16. The minimum atomic E-state index is -3.53. The van der Waals surface area contributed by atoms with Gasteiger partial charge in [-0.3, -0.25) is 4.98 Å². The van der Waals surface area contributed by atoms with E-state index in [1.54, 1.807) is 30.6 Å². The number of pyridine rings is 1. The Labute approximate surface area is 175 Å². The van der Waals surface area contributed by atoms with Crippen LogP contribution in [0.1, 0.15) is 5.56 Å². The van der Waals surface area contributed by atoms with Crippen LogP contribution in [-0.2, 0) is 16.4 Å². The van der Waals surface area contributed by atoms with Gasteiger partial charge in [-0.15, -0.1) is 10.2 Å². The molecular weight excluding hydrogens is 402 g/mol. The Hall–Kier alpha value is -3.04. The topological polar surface area (TPSA) is 97.3 Å². The summed E-state index contributed by atoms with van der Waals surface area (Å²) in [7, 11) is -3.53. The smallest absolute Gasteiger partial charge is 0.240 e. The Morgan fingerprint density at radius 3 is 2.67 bits per heavy atom. The molecule has 1 fully saturated rings. The van der Waals surface area contributed by atoms with E-state index < -0.39 is 10.0 Å². The van der Waals surface area contributed by atoms with Gasteiger partial charge in [0.15, 0.2) is 5.82 Å². The molecule has 0 bridgehead atoms. The zero-order valence-corrected chi connectivity index (χ0v) is 17.0. The summed E-state index contributed by atoms with van der Waals surface area (Å²) in [5.41, 5.74) is 2.71. The van der Waals surface area contributed by atoms with Gasteiger partial charge in [0.25, 0.3) is 0 Å². The van der Waals surface area contributed by atoms with E-state index in [2.05, 4.69) is 24.8 Å². The SMILES string of the molecule is O=S(=O)(NCC1CN(c2ccc(-c3ccncc3)nn2)C1)c1ccc2c(c1)CCO2. The number of aromatic nitrogens is 3. The van der Waals surface area contributed by atoms with Crippen LogP contribution in [0.2, 0.25) is 0 Å². The third kappa shape index (κ3) is 3.73. The van der Waals surface area contributed by atoms with Crippen molar-refractivity contribution < 1.29 is 13.2 Å². The van der Waals surface area contributed by atoms with Crippen molar-refractivity contribution in [3.8, 4) is 17.0 Å². The molecule has 0 radical (unpaired) electrons. The highest BCUT2D eigenvalue weighted by molar-refractivity contribution is 7.89. The Morgan fingerprint density at radius 1 is 1.07 bits per heavy atom. The molecule has 30 heavy (non-hydrogen) atoms. The van der Waals surface area contributed by atoms with Gasteiger partial charge in [-0.2, -0.15) is 0 Å². The molecule has 2 aromatic heterocycles. The summed E-state index contributed by atoms with van der Waals surface area (Å²) in [5, 5.41) is 8.60. The summed E-state index contributed by atoms with van der Waals surface area (Å²) in [4.78, 5) is 6.39. The van der Waals surface area contributed by atoms with Crippen LogP contribution >= 0.6 is 0 Å². The number of fused-ring (bicyclic) bond motifs is 1. The average Bonchev–Trinajstić information content (AvgIpc) is 3.22. The van der Waals surface area contributed by atoms with Crippen LogP contribution < -0.4 is 14.4 Å². The van der Waals surface area contributed by atoms with Crippen molar-refractivity contribution in [2.45, 2.75) is 11.3 Å². The molecule has 0 saturated carbocycles. The van der Waals surface area contributed by atoms with E-state index in [1.807, 2.05) is 24.3 Å². The second-order valence-electron chi connectivity index (χ2n) is 7.50. The quantitative estimate of drug-likeness (QED) is 0.647. The summed E-state index contributed by atoms with van der Waals surface area (Å²) in [6.45, 7) is 2.49. The molecule has 154 valence electrons. The highest BCUT2D eigenvalue weighted by atomic mass is 32.2. The first-order chi connectivity index (χ1) is 14.6. The second kappa shape index (κ2) is 7.66. The molecule has 5 rings (SSSR count). The van der Waals surface area contributed by atoms with Crippen molar-refractivity contribution in [2.24, 2.45) is 5.92 Å². The van der Waals surface area contributed by atoms with Crippen LogP contribution in [0.15, 0.2) is 59.8 Å². The number of benzene rings is 1. The molecule has 2 aliphatic rings. The molecular formula is C21H21N5O3S. The maximum Gasteiger partial charge on any atom is 0.240 e. The zero-order chi connectivity index (χ0) is 20.6. The van der Waals surface area contributed by atoms with Crippen LogP contribution in [0.25, 0.3) is 11.3 Å². The number of anilines is 1. The third-order valence-corrected chi connectivity index (χ3v) is 6.86. The van der Waals surface area contributed by atoms with Gasteiger partial charge in [-0.05, 0) is 48.0 Å². The molecule has 0 unspecified atom stereocenters. The number of rotatable bonds is 6. The van der Waals surface area contributed by atoms with Gasteiger partial charge in [-0.25, -0.2) is 13.1 Å². The largest absolute Gasteiger partial charge is 0.493 e. The van der Waals surface area contributed by atoms with E-state index in [-0.39, 0.29) is 5.92 Å². The van der Waals surface area contributed by atoms with Gasteiger partial charge in [-0.1, -0.05) is 0 Å². The minimum Gasteiger partial charge on any atom is -0.493 e. The molecule has 1 saturated heterocycles. The molecule has 3 aromatic rings. The molecule has 4 heterocycles. The Kier molecular flexibility index (Phi) is 4.84. The van der Waals surface area contributed by atoms with E-state index in [0.29, 0.717) is 18.0 Å². The van der Waals surface area contributed by atoms with E-state index >= 15 is 0 Å². The number of ether oxygens (including phenoxy) is 1. The van der Waals surface area contributed by atoms with E-state index in [9.17, 15) is 8.42 Å². The lowest BCUT2D eigenvalue weighted by Gasteiger charge is -2.39. The van der Waals surface area contributed by atoms with Gasteiger partial charge in [0.05, 0.1) is 17.2 Å². The summed E-state index contributed by atoms with van der Waals surface area (Å²) < 4.78 is 33.4. The predicted octanol–water partition coefficient (Wildman–Crippen LogP) is 1.89. The maximum atomic E-state index is 12.6. The molecule has 9 heteroatoms. The fraction of sp³-hybridized carbons (Fsp3) is 0.286. The van der Waals surface area contributed by atoms with Crippen LogP contribution in [0, 0.1) is 5.92 Å². The standard InChI is InChI=1S/C21H21N5O3S/c27-30(28,18-1-3-20-17(11-18)7-10-29-20)23-12-15-13-26(14-15)21-4-2-19(24-25-21)16-5-8-22-9-6-16/h1-6,8-9,11,15,23H,7,10,12-14H2. The lowest BCUT2D eigenvalue weighted by molar-refractivity contribution is 0.356. The lowest BCUT2D eigenvalue weighted by atomic mass is 10.0. The summed E-state index contributed by atoms with van der Waals surface area (Å²) in [6.07, 6.45) is 4.20. The molecule has 8 nitrogen and oxygen atoms in total. The van der Waals surface area contributed by atoms with Gasteiger partial charge in [0, 0.05) is 49.9 Å². The van der Waals surface area contributed by atoms with Crippen LogP contribution in [0.3, 0.4) is 0 Å². The number of hydrogen-bond acceptors (Lipinski definition) is 7. The van der Waals surface area contributed by atoms with Crippen molar-refractivity contribution >= 4 is 15.8 Å². The fourth-order valence-electron chi connectivity index (χ4n) is 3.70. The summed E-state index contributed by atoms with van der Waals surface area (Å²) in [6, 6.07) is 12.7. The predicted molar refractivity (Wildman–Crippen MR) is 112 cm³/mol. The van der Waals surface area contributed by atoms with Crippen molar-refractivity contribution in [1.29, 1.82) is 0 Å². The van der Waals surface area contributed by atoms with Gasteiger partial charge in [0.2, 0.25) is 10.0 Å². The van der Waals surface area contributed by atoms with Gasteiger partial charge < -0.3 is 9.64 Å². The van der Waals surface area contributed by atoms with Crippen LogP contribution in [-0.4, -0.2) is 49.8 Å². The number of sulfonamides is 1.